The molecule has 1 fully saturated rings. The van der Waals surface area contributed by atoms with Crippen molar-refractivity contribution >= 4 is 34.3 Å². The van der Waals surface area contributed by atoms with E-state index in [1.165, 1.54) is 29.2 Å². The molecule has 112 valence electrons. The summed E-state index contributed by atoms with van der Waals surface area (Å²) < 4.78 is 12.9. The van der Waals surface area contributed by atoms with Crippen molar-refractivity contribution in [1.82, 2.24) is 0 Å². The molecule has 1 aliphatic rings. The molecule has 0 bridgehead atoms. The van der Waals surface area contributed by atoms with Crippen molar-refractivity contribution in [1.29, 1.82) is 0 Å². The first kappa shape index (κ1) is 14.6. The summed E-state index contributed by atoms with van der Waals surface area (Å²) in [5.41, 5.74) is 2.12. The second-order valence-corrected chi connectivity index (χ2v) is 5.98. The third-order valence-electron chi connectivity index (χ3n) is 3.25. The quantitative estimate of drug-likeness (QED) is 0.936. The molecule has 0 aliphatic carbocycles. The lowest BCUT2D eigenvalue weighted by molar-refractivity contribution is -0.116. The number of imide groups is 1. The van der Waals surface area contributed by atoms with E-state index < -0.39 is 5.37 Å². The predicted molar refractivity (Wildman–Crippen MR) is 85.5 cm³/mol. The van der Waals surface area contributed by atoms with Crippen molar-refractivity contribution in [2.75, 3.05) is 10.2 Å². The maximum absolute atomic E-state index is 12.9. The van der Waals surface area contributed by atoms with Gasteiger partial charge in [-0.3, -0.25) is 9.59 Å². The van der Waals surface area contributed by atoms with Crippen molar-refractivity contribution in [3.8, 4) is 0 Å². The normalized spacial score (nSPS) is 17.9. The van der Waals surface area contributed by atoms with Crippen molar-refractivity contribution in [2.24, 2.45) is 0 Å². The van der Waals surface area contributed by atoms with E-state index in [4.69, 9.17) is 0 Å². The number of thioether (sulfide) groups is 1. The largest absolute Gasteiger partial charge is 0.365 e. The summed E-state index contributed by atoms with van der Waals surface area (Å²) in [5, 5.41) is 1.91. The van der Waals surface area contributed by atoms with E-state index in [0.29, 0.717) is 11.4 Å². The number of halogens is 1. The van der Waals surface area contributed by atoms with E-state index in [0.717, 1.165) is 17.3 Å². The smallest absolute Gasteiger partial charge is 0.295 e. The second-order valence-electron chi connectivity index (χ2n) is 4.93. The lowest BCUT2D eigenvalue weighted by Gasteiger charge is -2.15. The Morgan fingerprint density at radius 3 is 2.55 bits per heavy atom. The van der Waals surface area contributed by atoms with Crippen LogP contribution in [0.15, 0.2) is 48.5 Å². The second kappa shape index (κ2) is 5.81. The number of amides is 2. The van der Waals surface area contributed by atoms with E-state index in [2.05, 4.69) is 5.32 Å². The zero-order valence-electron chi connectivity index (χ0n) is 11.7. The summed E-state index contributed by atoms with van der Waals surface area (Å²) in [6.45, 7) is 1.90. The van der Waals surface area contributed by atoms with Crippen LogP contribution in [0.5, 0.6) is 0 Å². The molecule has 1 atom stereocenters. The van der Waals surface area contributed by atoms with Crippen LogP contribution in [0.1, 0.15) is 5.56 Å². The first-order valence-corrected chi connectivity index (χ1v) is 7.56. The predicted octanol–water partition coefficient (Wildman–Crippen LogP) is 3.77. The lowest BCUT2D eigenvalue weighted by atomic mass is 10.2. The summed E-state index contributed by atoms with van der Waals surface area (Å²) in [4.78, 5) is 25.7. The Morgan fingerprint density at radius 1 is 1.14 bits per heavy atom. The highest BCUT2D eigenvalue weighted by molar-refractivity contribution is 8.16. The number of aryl methyl sites for hydroxylation is 1. The minimum Gasteiger partial charge on any atom is -0.365 e. The van der Waals surface area contributed by atoms with Gasteiger partial charge in [0.05, 0.1) is 5.69 Å². The van der Waals surface area contributed by atoms with Gasteiger partial charge in [-0.15, -0.1) is 0 Å². The summed E-state index contributed by atoms with van der Waals surface area (Å²) in [6.07, 6.45) is 0. The molecule has 1 saturated heterocycles. The first-order valence-electron chi connectivity index (χ1n) is 6.68. The number of carbonyl (C=O) groups is 2. The molecule has 0 spiro atoms. The van der Waals surface area contributed by atoms with Gasteiger partial charge in [-0.25, -0.2) is 9.29 Å². The Bertz CT molecular complexity index is 733. The molecule has 1 aliphatic heterocycles. The molecule has 2 amide bonds. The fourth-order valence-corrected chi connectivity index (χ4v) is 3.10. The Hall–Kier alpha value is -2.34. The lowest BCUT2D eigenvalue weighted by Crippen LogP contribution is -2.34. The van der Waals surface area contributed by atoms with Gasteiger partial charge >= 0.3 is 0 Å². The summed E-state index contributed by atoms with van der Waals surface area (Å²) in [7, 11) is 0. The highest BCUT2D eigenvalue weighted by Gasteiger charge is 2.40. The Kier molecular flexibility index (Phi) is 3.85. The number of carbonyl (C=O) groups excluding carboxylic acids is 2. The molecule has 3 rings (SSSR count). The van der Waals surface area contributed by atoms with Gasteiger partial charge in [-0.2, -0.15) is 0 Å². The zero-order valence-corrected chi connectivity index (χ0v) is 12.6. The number of anilines is 2. The van der Waals surface area contributed by atoms with Crippen LogP contribution < -0.4 is 10.2 Å². The maximum atomic E-state index is 12.9. The van der Waals surface area contributed by atoms with Gasteiger partial charge in [0.15, 0.2) is 5.37 Å². The zero-order chi connectivity index (χ0) is 15.7. The SMILES string of the molecule is Cc1cccc(N2C(=O)S[C@H](Nc3ccc(F)cc3)C2=O)c1. The molecule has 2 aromatic rings. The average Bonchev–Trinajstić information content (AvgIpc) is 2.76. The Labute approximate surface area is 131 Å². The third kappa shape index (κ3) is 2.82. The maximum Gasteiger partial charge on any atom is 0.295 e. The minimum absolute atomic E-state index is 0.324. The number of rotatable bonds is 3. The van der Waals surface area contributed by atoms with Crippen LogP contribution in [0, 0.1) is 12.7 Å². The molecule has 1 heterocycles. The van der Waals surface area contributed by atoms with Crippen molar-refractivity contribution < 1.29 is 14.0 Å². The van der Waals surface area contributed by atoms with Crippen molar-refractivity contribution in [2.45, 2.75) is 12.3 Å². The van der Waals surface area contributed by atoms with Crippen LogP contribution in [0.25, 0.3) is 0 Å². The van der Waals surface area contributed by atoms with Gasteiger partial charge in [0.1, 0.15) is 5.82 Å². The topological polar surface area (TPSA) is 49.4 Å². The molecule has 0 radical (unpaired) electrons. The van der Waals surface area contributed by atoms with Crippen molar-refractivity contribution in [3.63, 3.8) is 0 Å². The van der Waals surface area contributed by atoms with Crippen LogP contribution in [-0.2, 0) is 4.79 Å². The highest BCUT2D eigenvalue weighted by Crippen LogP contribution is 2.32. The Balaban J connectivity index is 1.81. The summed E-state index contributed by atoms with van der Waals surface area (Å²) in [5.74, 6) is -0.682. The molecule has 0 unspecified atom stereocenters. The number of benzene rings is 2. The van der Waals surface area contributed by atoms with E-state index in [-0.39, 0.29) is 17.0 Å². The first-order chi connectivity index (χ1) is 10.5. The fourth-order valence-electron chi connectivity index (χ4n) is 2.20. The molecule has 22 heavy (non-hydrogen) atoms. The van der Waals surface area contributed by atoms with E-state index in [1.54, 1.807) is 18.2 Å². The van der Waals surface area contributed by atoms with Crippen LogP contribution >= 0.6 is 11.8 Å². The van der Waals surface area contributed by atoms with E-state index >= 15 is 0 Å². The molecular formula is C16H13FN2O2S. The monoisotopic (exact) mass is 316 g/mol. The number of nitrogens with one attached hydrogen (secondary N) is 1. The fraction of sp³-hybridized carbons (Fsp3) is 0.125. The molecule has 0 aromatic heterocycles. The molecule has 4 nitrogen and oxygen atoms in total. The highest BCUT2D eigenvalue weighted by atomic mass is 32.2. The van der Waals surface area contributed by atoms with E-state index in [9.17, 15) is 14.0 Å². The number of nitrogens with zero attached hydrogens (tertiary/aromatic N) is 1. The molecular weight excluding hydrogens is 303 g/mol. The molecule has 6 heteroatoms. The van der Waals surface area contributed by atoms with E-state index in [1.807, 2.05) is 13.0 Å². The van der Waals surface area contributed by atoms with Gasteiger partial charge in [-0.05, 0) is 60.6 Å². The van der Waals surface area contributed by atoms with Crippen LogP contribution in [0.3, 0.4) is 0 Å². The van der Waals surface area contributed by atoms with Crippen LogP contribution in [-0.4, -0.2) is 16.5 Å². The average molecular weight is 316 g/mol. The number of hydrogen-bond acceptors (Lipinski definition) is 4. The summed E-state index contributed by atoms with van der Waals surface area (Å²) in [6, 6.07) is 12.9. The van der Waals surface area contributed by atoms with Crippen LogP contribution in [0.4, 0.5) is 20.6 Å². The molecule has 1 N–H and O–H groups in total. The molecule has 2 aromatic carbocycles. The van der Waals surface area contributed by atoms with Crippen LogP contribution in [0.2, 0.25) is 0 Å². The standard InChI is InChI=1S/C16H13FN2O2S/c1-10-3-2-4-13(9-10)19-15(20)14(22-16(19)21)18-12-7-5-11(17)6-8-12/h2-9,14,18H,1H3/t14-/m0/s1. The van der Waals surface area contributed by atoms with Gasteiger partial charge in [0.2, 0.25) is 0 Å². The Morgan fingerprint density at radius 2 is 1.86 bits per heavy atom. The molecule has 0 saturated carbocycles. The van der Waals surface area contributed by atoms with Crippen molar-refractivity contribution in [3.05, 3.63) is 59.9 Å². The van der Waals surface area contributed by atoms with Gasteiger partial charge in [0.25, 0.3) is 11.1 Å². The number of hydrogen-bond donors (Lipinski definition) is 1. The van der Waals surface area contributed by atoms with Gasteiger partial charge in [-0.1, -0.05) is 12.1 Å². The third-order valence-corrected chi connectivity index (χ3v) is 4.19. The van der Waals surface area contributed by atoms with Gasteiger partial charge < -0.3 is 5.32 Å². The summed E-state index contributed by atoms with van der Waals surface area (Å²) >= 11 is 0.914. The minimum atomic E-state index is -0.710. The van der Waals surface area contributed by atoms with Gasteiger partial charge in [0, 0.05) is 5.69 Å².